The second kappa shape index (κ2) is 7.79. The standard InChI is InChI=1S/C28H24N8/c1-17-30-26(34-32-17)27-35-33-24-13-12-22-23(36(24)27)16-21(18-6-3-2-4-7-18)25(31-22)19-8-10-20(11-9-19)28(29)14-5-15-28/h2-4,6-13,16H,5,14-15,29H2,1H3,(H,30,32,34). The zero-order valence-corrected chi connectivity index (χ0v) is 19.8. The molecular formula is C28H24N8. The second-order valence-electron chi connectivity index (χ2n) is 9.55. The molecule has 0 radical (unpaired) electrons. The van der Waals surface area contributed by atoms with E-state index in [9.17, 15) is 0 Å². The molecule has 0 atom stereocenters. The summed E-state index contributed by atoms with van der Waals surface area (Å²) in [6, 6.07) is 25.0. The van der Waals surface area contributed by atoms with Crippen LogP contribution in [-0.4, -0.2) is 34.8 Å². The van der Waals surface area contributed by atoms with E-state index in [0.717, 1.165) is 57.7 Å². The number of aromatic amines is 1. The van der Waals surface area contributed by atoms with E-state index in [-0.39, 0.29) is 5.54 Å². The van der Waals surface area contributed by atoms with Crippen LogP contribution in [0.4, 0.5) is 0 Å². The third kappa shape index (κ3) is 3.22. The topological polar surface area (TPSA) is 111 Å². The minimum absolute atomic E-state index is 0.187. The lowest BCUT2D eigenvalue weighted by Crippen LogP contribution is -2.43. The highest BCUT2D eigenvalue weighted by Gasteiger charge is 2.34. The zero-order valence-electron chi connectivity index (χ0n) is 19.8. The Morgan fingerprint density at radius 1 is 0.861 bits per heavy atom. The van der Waals surface area contributed by atoms with E-state index in [2.05, 4.69) is 67.8 Å². The van der Waals surface area contributed by atoms with Crippen LogP contribution in [0.3, 0.4) is 0 Å². The molecule has 36 heavy (non-hydrogen) atoms. The molecule has 0 aliphatic heterocycles. The van der Waals surface area contributed by atoms with Gasteiger partial charge in [-0.25, -0.2) is 4.98 Å². The summed E-state index contributed by atoms with van der Waals surface area (Å²) in [5.41, 5.74) is 14.1. The van der Waals surface area contributed by atoms with Gasteiger partial charge in [-0.15, -0.1) is 20.4 Å². The Labute approximate surface area is 207 Å². The van der Waals surface area contributed by atoms with Gasteiger partial charge in [0, 0.05) is 16.7 Å². The largest absolute Gasteiger partial charge is 0.322 e. The first-order chi connectivity index (χ1) is 17.6. The molecule has 176 valence electrons. The fourth-order valence-corrected chi connectivity index (χ4v) is 5.08. The molecule has 4 aromatic heterocycles. The van der Waals surface area contributed by atoms with Crippen molar-refractivity contribution in [3.63, 3.8) is 0 Å². The fraction of sp³-hybridized carbons (Fsp3) is 0.179. The summed E-state index contributed by atoms with van der Waals surface area (Å²) in [6.45, 7) is 1.86. The average molecular weight is 473 g/mol. The number of rotatable bonds is 4. The van der Waals surface area contributed by atoms with E-state index in [1.165, 1.54) is 12.0 Å². The van der Waals surface area contributed by atoms with E-state index < -0.39 is 0 Å². The number of hydrogen-bond acceptors (Lipinski definition) is 6. The lowest BCUT2D eigenvalue weighted by Gasteiger charge is -2.38. The Kier molecular flexibility index (Phi) is 4.52. The van der Waals surface area contributed by atoms with Crippen LogP contribution >= 0.6 is 0 Å². The highest BCUT2D eigenvalue weighted by Crippen LogP contribution is 2.40. The number of nitrogens with zero attached hydrogens (tertiary/aromatic N) is 6. The molecule has 1 aliphatic carbocycles. The van der Waals surface area contributed by atoms with Gasteiger partial charge < -0.3 is 10.7 Å². The van der Waals surface area contributed by atoms with Crippen LogP contribution in [0, 0.1) is 6.92 Å². The van der Waals surface area contributed by atoms with Crippen LogP contribution in [0.15, 0.2) is 72.8 Å². The molecule has 1 saturated carbocycles. The molecule has 8 heteroatoms. The van der Waals surface area contributed by atoms with E-state index in [1.54, 1.807) is 0 Å². The van der Waals surface area contributed by atoms with Crippen LogP contribution in [0.5, 0.6) is 0 Å². The molecule has 8 nitrogen and oxygen atoms in total. The number of fused-ring (bicyclic) bond motifs is 3. The minimum Gasteiger partial charge on any atom is -0.322 e. The van der Waals surface area contributed by atoms with Gasteiger partial charge in [0.05, 0.1) is 16.7 Å². The third-order valence-corrected chi connectivity index (χ3v) is 7.23. The summed E-state index contributed by atoms with van der Waals surface area (Å²) in [4.78, 5) is 8.33. The molecule has 7 rings (SSSR count). The molecule has 0 unspecified atom stereocenters. The monoisotopic (exact) mass is 472 g/mol. The van der Waals surface area contributed by atoms with Crippen molar-refractivity contribution in [1.82, 2.24) is 34.8 Å². The van der Waals surface area contributed by atoms with Gasteiger partial charge in [0.25, 0.3) is 0 Å². The summed E-state index contributed by atoms with van der Waals surface area (Å²) in [5.74, 6) is 1.89. The molecule has 2 aromatic carbocycles. The lowest BCUT2D eigenvalue weighted by atomic mass is 9.72. The van der Waals surface area contributed by atoms with Crippen molar-refractivity contribution in [1.29, 1.82) is 0 Å². The summed E-state index contributed by atoms with van der Waals surface area (Å²) >= 11 is 0. The van der Waals surface area contributed by atoms with Gasteiger partial charge in [-0.2, -0.15) is 0 Å². The van der Waals surface area contributed by atoms with Crippen molar-refractivity contribution in [3.05, 3.63) is 84.2 Å². The number of benzene rings is 2. The van der Waals surface area contributed by atoms with Gasteiger partial charge in [0.2, 0.25) is 5.82 Å². The molecular weight excluding hydrogens is 448 g/mol. The van der Waals surface area contributed by atoms with Crippen LogP contribution in [0.25, 0.3) is 50.7 Å². The summed E-state index contributed by atoms with van der Waals surface area (Å²) < 4.78 is 1.98. The molecule has 6 aromatic rings. The third-order valence-electron chi connectivity index (χ3n) is 7.23. The van der Waals surface area contributed by atoms with Gasteiger partial charge >= 0.3 is 0 Å². The first kappa shape index (κ1) is 20.9. The van der Waals surface area contributed by atoms with E-state index in [4.69, 9.17) is 10.7 Å². The van der Waals surface area contributed by atoms with Crippen molar-refractivity contribution < 1.29 is 0 Å². The van der Waals surface area contributed by atoms with Gasteiger partial charge in [0.1, 0.15) is 5.82 Å². The Hall–Kier alpha value is -4.43. The number of hydrogen-bond donors (Lipinski definition) is 2. The zero-order chi connectivity index (χ0) is 24.3. The van der Waals surface area contributed by atoms with Crippen molar-refractivity contribution in [2.45, 2.75) is 31.7 Å². The molecule has 1 fully saturated rings. The van der Waals surface area contributed by atoms with Crippen molar-refractivity contribution in [3.8, 4) is 34.0 Å². The summed E-state index contributed by atoms with van der Waals surface area (Å²) in [6.07, 6.45) is 3.27. The summed E-state index contributed by atoms with van der Waals surface area (Å²) in [5, 5.41) is 17.1. The number of nitrogens with one attached hydrogen (secondary N) is 1. The molecule has 1 aliphatic rings. The highest BCUT2D eigenvalue weighted by atomic mass is 15.3. The smallest absolute Gasteiger partial charge is 0.206 e. The second-order valence-corrected chi connectivity index (χ2v) is 9.55. The molecule has 0 spiro atoms. The average Bonchev–Trinajstić information content (AvgIpc) is 3.53. The quantitative estimate of drug-likeness (QED) is 0.372. The van der Waals surface area contributed by atoms with Gasteiger partial charge in [-0.1, -0.05) is 54.6 Å². The maximum Gasteiger partial charge on any atom is 0.206 e. The van der Waals surface area contributed by atoms with Crippen molar-refractivity contribution in [2.24, 2.45) is 5.73 Å². The Morgan fingerprint density at radius 3 is 2.36 bits per heavy atom. The minimum atomic E-state index is -0.187. The maximum atomic E-state index is 6.57. The number of aryl methyl sites for hydroxylation is 1. The molecule has 3 N–H and O–H groups in total. The predicted octanol–water partition coefficient (Wildman–Crippen LogP) is 5.04. The fourth-order valence-electron chi connectivity index (χ4n) is 5.08. The number of H-pyrrole nitrogens is 1. The van der Waals surface area contributed by atoms with Crippen LogP contribution in [-0.2, 0) is 5.54 Å². The van der Waals surface area contributed by atoms with Gasteiger partial charge in [0.15, 0.2) is 11.5 Å². The normalized spacial score (nSPS) is 14.8. The molecule has 0 amide bonds. The number of pyridine rings is 2. The SMILES string of the molecule is Cc1nnc(-c2nnc3ccc4nc(-c5ccc(C6(N)CCC6)cc5)c(-c5ccccc5)cc4n23)[nH]1. The number of nitrogens with two attached hydrogens (primary N) is 1. The first-order valence-corrected chi connectivity index (χ1v) is 12.1. The van der Waals surface area contributed by atoms with Crippen molar-refractivity contribution in [2.75, 3.05) is 0 Å². The Bertz CT molecular complexity index is 1730. The van der Waals surface area contributed by atoms with Crippen molar-refractivity contribution >= 4 is 16.7 Å². The van der Waals surface area contributed by atoms with Crippen LogP contribution in [0.1, 0.15) is 30.7 Å². The van der Waals surface area contributed by atoms with E-state index in [0.29, 0.717) is 11.6 Å². The molecule has 4 heterocycles. The van der Waals surface area contributed by atoms with Gasteiger partial charge in [-0.3, -0.25) is 4.40 Å². The van der Waals surface area contributed by atoms with Crippen LogP contribution in [0.2, 0.25) is 0 Å². The summed E-state index contributed by atoms with van der Waals surface area (Å²) in [7, 11) is 0. The lowest BCUT2D eigenvalue weighted by molar-refractivity contribution is 0.253. The highest BCUT2D eigenvalue weighted by molar-refractivity contribution is 5.91. The van der Waals surface area contributed by atoms with Gasteiger partial charge in [-0.05, 0) is 55.5 Å². The van der Waals surface area contributed by atoms with E-state index in [1.807, 2.05) is 41.7 Å². The van der Waals surface area contributed by atoms with E-state index >= 15 is 0 Å². The first-order valence-electron chi connectivity index (χ1n) is 12.1. The Morgan fingerprint density at radius 2 is 1.67 bits per heavy atom. The molecule has 0 bridgehead atoms. The predicted molar refractivity (Wildman–Crippen MR) is 139 cm³/mol. The molecule has 0 saturated heterocycles. The maximum absolute atomic E-state index is 6.57. The Balaban J connectivity index is 1.46. The van der Waals surface area contributed by atoms with Crippen LogP contribution < -0.4 is 5.73 Å². The number of aromatic nitrogens is 7.